The number of benzene rings is 1. The average Bonchev–Trinajstić information content (AvgIpc) is 2.68. The smallest absolute Gasteiger partial charge is 0.253 e. The van der Waals surface area contributed by atoms with Crippen LogP contribution in [-0.4, -0.2) is 59.9 Å². The van der Waals surface area contributed by atoms with E-state index in [4.69, 9.17) is 0 Å². The first-order valence-electron chi connectivity index (χ1n) is 10.0. The number of nitrogens with one attached hydrogen (secondary N) is 1. The van der Waals surface area contributed by atoms with Gasteiger partial charge in [0, 0.05) is 36.7 Å². The standard InChI is InChI=1S/C21H30FN3O2/c1-15(2)23-20(26)16-7-11-24(12-8-16)19-9-13-25(14-10-19)21(27)17-3-5-18(22)6-4-17/h3-6,15-16,19H,7-14H2,1-2H3,(H,23,26). The van der Waals surface area contributed by atoms with Gasteiger partial charge in [0.25, 0.3) is 5.91 Å². The Morgan fingerprint density at radius 2 is 1.59 bits per heavy atom. The van der Waals surface area contributed by atoms with Crippen LogP contribution in [0.1, 0.15) is 49.9 Å². The monoisotopic (exact) mass is 375 g/mol. The van der Waals surface area contributed by atoms with Crippen molar-refractivity contribution in [1.82, 2.24) is 15.1 Å². The Morgan fingerprint density at radius 3 is 2.15 bits per heavy atom. The van der Waals surface area contributed by atoms with E-state index in [0.29, 0.717) is 11.6 Å². The van der Waals surface area contributed by atoms with Gasteiger partial charge in [0.15, 0.2) is 0 Å². The number of carbonyl (C=O) groups is 2. The van der Waals surface area contributed by atoms with Crippen molar-refractivity contribution in [3.05, 3.63) is 35.6 Å². The van der Waals surface area contributed by atoms with Crippen LogP contribution in [0.3, 0.4) is 0 Å². The molecule has 2 amide bonds. The summed E-state index contributed by atoms with van der Waals surface area (Å²) in [7, 11) is 0. The van der Waals surface area contributed by atoms with Crippen LogP contribution < -0.4 is 5.32 Å². The maximum Gasteiger partial charge on any atom is 0.253 e. The topological polar surface area (TPSA) is 52.7 Å². The summed E-state index contributed by atoms with van der Waals surface area (Å²) < 4.78 is 13.0. The molecule has 2 heterocycles. The van der Waals surface area contributed by atoms with Crippen molar-refractivity contribution in [2.75, 3.05) is 26.2 Å². The molecule has 1 aromatic rings. The molecule has 27 heavy (non-hydrogen) atoms. The molecule has 0 saturated carbocycles. The number of likely N-dealkylation sites (tertiary alicyclic amines) is 2. The summed E-state index contributed by atoms with van der Waals surface area (Å²) in [5.41, 5.74) is 0.548. The number of nitrogens with zero attached hydrogens (tertiary/aromatic N) is 2. The maximum absolute atomic E-state index is 13.0. The predicted octanol–water partition coefficient (Wildman–Crippen LogP) is 2.67. The molecule has 1 aromatic carbocycles. The van der Waals surface area contributed by atoms with Crippen LogP contribution in [0.4, 0.5) is 4.39 Å². The van der Waals surface area contributed by atoms with E-state index < -0.39 is 0 Å². The minimum absolute atomic E-state index is 0.0162. The molecule has 5 nitrogen and oxygen atoms in total. The fourth-order valence-electron chi connectivity index (χ4n) is 4.14. The Bertz CT molecular complexity index is 646. The third-order valence-electron chi connectivity index (χ3n) is 5.69. The molecule has 0 atom stereocenters. The zero-order valence-corrected chi connectivity index (χ0v) is 16.3. The fourth-order valence-corrected chi connectivity index (χ4v) is 4.14. The minimum Gasteiger partial charge on any atom is -0.354 e. The summed E-state index contributed by atoms with van der Waals surface area (Å²) >= 11 is 0. The van der Waals surface area contributed by atoms with E-state index in [1.807, 2.05) is 18.7 Å². The third-order valence-corrected chi connectivity index (χ3v) is 5.69. The Kier molecular flexibility index (Phi) is 6.47. The summed E-state index contributed by atoms with van der Waals surface area (Å²) in [6.45, 7) is 7.35. The van der Waals surface area contributed by atoms with Crippen LogP contribution in [-0.2, 0) is 4.79 Å². The Labute approximate surface area is 160 Å². The molecule has 0 bridgehead atoms. The first kappa shape index (κ1) is 19.8. The van der Waals surface area contributed by atoms with Gasteiger partial charge in [-0.05, 0) is 76.9 Å². The normalized spacial score (nSPS) is 20.1. The molecule has 0 aromatic heterocycles. The lowest BCUT2D eigenvalue weighted by molar-refractivity contribution is -0.127. The predicted molar refractivity (Wildman–Crippen MR) is 103 cm³/mol. The van der Waals surface area contributed by atoms with Crippen LogP contribution in [0.25, 0.3) is 0 Å². The second-order valence-electron chi connectivity index (χ2n) is 8.00. The summed E-state index contributed by atoms with van der Waals surface area (Å²) in [4.78, 5) is 29.1. The van der Waals surface area contributed by atoms with Gasteiger partial charge in [-0.25, -0.2) is 4.39 Å². The Hall–Kier alpha value is -1.95. The fraction of sp³-hybridized carbons (Fsp3) is 0.619. The minimum atomic E-state index is -0.323. The number of hydrogen-bond acceptors (Lipinski definition) is 3. The van der Waals surface area contributed by atoms with E-state index in [2.05, 4.69) is 10.2 Å². The van der Waals surface area contributed by atoms with E-state index in [0.717, 1.165) is 51.9 Å². The van der Waals surface area contributed by atoms with Crippen LogP contribution in [0.2, 0.25) is 0 Å². The highest BCUT2D eigenvalue weighted by Gasteiger charge is 2.31. The van der Waals surface area contributed by atoms with Crippen LogP contribution >= 0.6 is 0 Å². The van der Waals surface area contributed by atoms with Gasteiger partial charge in [0.2, 0.25) is 5.91 Å². The molecule has 0 radical (unpaired) electrons. The van der Waals surface area contributed by atoms with E-state index in [-0.39, 0.29) is 29.6 Å². The van der Waals surface area contributed by atoms with Gasteiger partial charge < -0.3 is 15.1 Å². The molecule has 0 aliphatic carbocycles. The highest BCUT2D eigenvalue weighted by molar-refractivity contribution is 5.94. The lowest BCUT2D eigenvalue weighted by Gasteiger charge is -2.41. The average molecular weight is 375 g/mol. The summed E-state index contributed by atoms with van der Waals surface area (Å²) in [5.74, 6) is -0.0265. The molecule has 0 spiro atoms. The highest BCUT2D eigenvalue weighted by atomic mass is 19.1. The van der Waals surface area contributed by atoms with Crippen molar-refractivity contribution in [2.45, 2.75) is 51.6 Å². The number of halogens is 1. The Balaban J connectivity index is 1.45. The van der Waals surface area contributed by atoms with Gasteiger partial charge in [0.05, 0.1) is 0 Å². The molecule has 2 aliphatic rings. The van der Waals surface area contributed by atoms with Gasteiger partial charge in [-0.3, -0.25) is 9.59 Å². The molecule has 2 saturated heterocycles. The van der Waals surface area contributed by atoms with Crippen molar-refractivity contribution >= 4 is 11.8 Å². The molecular weight excluding hydrogens is 345 g/mol. The van der Waals surface area contributed by atoms with Crippen molar-refractivity contribution in [3.8, 4) is 0 Å². The lowest BCUT2D eigenvalue weighted by atomic mass is 9.92. The molecular formula is C21H30FN3O2. The molecule has 148 valence electrons. The first-order chi connectivity index (χ1) is 12.9. The molecule has 0 unspecified atom stereocenters. The highest BCUT2D eigenvalue weighted by Crippen LogP contribution is 2.25. The van der Waals surface area contributed by atoms with Crippen LogP contribution in [0.5, 0.6) is 0 Å². The van der Waals surface area contributed by atoms with Crippen molar-refractivity contribution in [3.63, 3.8) is 0 Å². The number of hydrogen-bond donors (Lipinski definition) is 1. The zero-order valence-electron chi connectivity index (χ0n) is 16.3. The van der Waals surface area contributed by atoms with E-state index in [9.17, 15) is 14.0 Å². The maximum atomic E-state index is 13.0. The molecule has 2 aliphatic heterocycles. The summed E-state index contributed by atoms with van der Waals surface area (Å²) in [6, 6.07) is 6.45. The second kappa shape index (κ2) is 8.83. The number of amides is 2. The van der Waals surface area contributed by atoms with E-state index in [1.54, 1.807) is 12.1 Å². The van der Waals surface area contributed by atoms with Gasteiger partial charge in [0.1, 0.15) is 5.82 Å². The quantitative estimate of drug-likeness (QED) is 0.880. The van der Waals surface area contributed by atoms with Gasteiger partial charge in [-0.15, -0.1) is 0 Å². The molecule has 6 heteroatoms. The van der Waals surface area contributed by atoms with Crippen LogP contribution in [0, 0.1) is 11.7 Å². The van der Waals surface area contributed by atoms with Gasteiger partial charge in [-0.2, -0.15) is 0 Å². The first-order valence-corrected chi connectivity index (χ1v) is 10.0. The molecule has 3 rings (SSSR count). The Morgan fingerprint density at radius 1 is 1.00 bits per heavy atom. The largest absolute Gasteiger partial charge is 0.354 e. The molecule has 2 fully saturated rings. The SMILES string of the molecule is CC(C)NC(=O)C1CCN(C2CCN(C(=O)c3ccc(F)cc3)CC2)CC1. The van der Waals surface area contributed by atoms with Gasteiger partial charge >= 0.3 is 0 Å². The summed E-state index contributed by atoms with van der Waals surface area (Å²) in [6.07, 6.45) is 3.73. The van der Waals surface area contributed by atoms with Crippen molar-refractivity contribution < 1.29 is 14.0 Å². The lowest BCUT2D eigenvalue weighted by Crippen LogP contribution is -2.50. The zero-order chi connectivity index (χ0) is 19.4. The van der Waals surface area contributed by atoms with E-state index in [1.165, 1.54) is 12.1 Å². The number of carbonyl (C=O) groups excluding carboxylic acids is 2. The van der Waals surface area contributed by atoms with Crippen LogP contribution in [0.15, 0.2) is 24.3 Å². The third kappa shape index (κ3) is 5.06. The van der Waals surface area contributed by atoms with E-state index >= 15 is 0 Å². The number of piperidine rings is 2. The number of rotatable bonds is 4. The van der Waals surface area contributed by atoms with Crippen molar-refractivity contribution in [2.24, 2.45) is 5.92 Å². The molecule has 1 N–H and O–H groups in total. The second-order valence-corrected chi connectivity index (χ2v) is 8.00. The van der Waals surface area contributed by atoms with Gasteiger partial charge in [-0.1, -0.05) is 0 Å². The van der Waals surface area contributed by atoms with Crippen molar-refractivity contribution in [1.29, 1.82) is 0 Å². The summed E-state index contributed by atoms with van der Waals surface area (Å²) in [5, 5.41) is 3.02.